The van der Waals surface area contributed by atoms with Crippen LogP contribution in [0.3, 0.4) is 0 Å². The summed E-state index contributed by atoms with van der Waals surface area (Å²) >= 11 is 1.51. The molecule has 0 aromatic carbocycles. The van der Waals surface area contributed by atoms with Crippen LogP contribution in [0.1, 0.15) is 0 Å². The van der Waals surface area contributed by atoms with Gasteiger partial charge in [0.15, 0.2) is 11.5 Å². The lowest BCUT2D eigenvalue weighted by molar-refractivity contribution is 1.29. The van der Waals surface area contributed by atoms with Crippen molar-refractivity contribution in [2.45, 2.75) is 0 Å². The van der Waals surface area contributed by atoms with E-state index < -0.39 is 0 Å². The van der Waals surface area contributed by atoms with E-state index in [0.717, 1.165) is 27.0 Å². The van der Waals surface area contributed by atoms with Crippen LogP contribution in [0.5, 0.6) is 0 Å². The van der Waals surface area contributed by atoms with Gasteiger partial charge >= 0.3 is 0 Å². The number of nitrogen functional groups attached to an aromatic ring is 1. The second kappa shape index (κ2) is 3.74. The summed E-state index contributed by atoms with van der Waals surface area (Å²) in [5, 5.41) is 3.77. The molecule has 0 atom stereocenters. The number of nitrogens with two attached hydrogens (primary N) is 1. The van der Waals surface area contributed by atoms with Gasteiger partial charge < -0.3 is 16.0 Å². The fraction of sp³-hybridized carbons (Fsp3) is 0.0909. The molecule has 3 aromatic rings. The first-order chi connectivity index (χ1) is 8.26. The Balaban J connectivity index is 2.13. The number of fused-ring (bicyclic) bond motifs is 1. The number of aromatic nitrogens is 3. The van der Waals surface area contributed by atoms with Gasteiger partial charge in [-0.25, -0.2) is 9.97 Å². The van der Waals surface area contributed by atoms with Crippen LogP contribution in [0.25, 0.3) is 21.9 Å². The molecule has 0 saturated heterocycles. The molecule has 0 aliphatic rings. The summed E-state index contributed by atoms with van der Waals surface area (Å²) in [6, 6.07) is 7.70. The second-order valence-corrected chi connectivity index (χ2v) is 4.72. The number of nitrogens with one attached hydrogen (secondary N) is 2. The molecular weight excluding hydrogens is 234 g/mol. The van der Waals surface area contributed by atoms with E-state index in [1.807, 2.05) is 31.3 Å². The fourth-order valence-electron chi connectivity index (χ4n) is 1.63. The maximum Gasteiger partial charge on any atom is 0.180 e. The van der Waals surface area contributed by atoms with E-state index in [1.165, 1.54) is 11.3 Å². The normalized spacial score (nSPS) is 10.9. The highest BCUT2D eigenvalue weighted by Gasteiger charge is 2.08. The molecule has 17 heavy (non-hydrogen) atoms. The highest BCUT2D eigenvalue weighted by atomic mass is 32.1. The summed E-state index contributed by atoms with van der Waals surface area (Å²) in [5.74, 6) is 1.61. The number of thiophene rings is 1. The average Bonchev–Trinajstić information content (AvgIpc) is 2.93. The molecule has 0 spiro atoms. The minimum absolute atomic E-state index is 0.707. The number of imidazole rings is 1. The molecule has 0 radical (unpaired) electrons. The molecule has 4 N–H and O–H groups in total. The van der Waals surface area contributed by atoms with Crippen molar-refractivity contribution in [3.05, 3.63) is 24.3 Å². The number of anilines is 2. The monoisotopic (exact) mass is 245 g/mol. The number of aromatic amines is 1. The van der Waals surface area contributed by atoms with Gasteiger partial charge in [0.25, 0.3) is 0 Å². The first-order valence-electron chi connectivity index (χ1n) is 5.16. The number of hydrogen-bond donors (Lipinski definition) is 3. The predicted molar refractivity (Wildman–Crippen MR) is 71.2 cm³/mol. The highest BCUT2D eigenvalue weighted by molar-refractivity contribution is 7.19. The lowest BCUT2D eigenvalue weighted by Gasteiger charge is -1.95. The summed E-state index contributed by atoms with van der Waals surface area (Å²) in [4.78, 5) is 13.1. The van der Waals surface area contributed by atoms with Crippen molar-refractivity contribution in [1.82, 2.24) is 15.0 Å². The van der Waals surface area contributed by atoms with Crippen LogP contribution in [0.15, 0.2) is 24.3 Å². The summed E-state index contributed by atoms with van der Waals surface area (Å²) in [7, 11) is 1.84. The molecule has 5 nitrogen and oxygen atoms in total. The fourth-order valence-corrected chi connectivity index (χ4v) is 2.35. The molecule has 3 rings (SSSR count). The van der Waals surface area contributed by atoms with Gasteiger partial charge in [-0.2, -0.15) is 0 Å². The molecule has 3 aromatic heterocycles. The Morgan fingerprint density at radius 3 is 2.82 bits per heavy atom. The van der Waals surface area contributed by atoms with Crippen LogP contribution in [-0.2, 0) is 0 Å². The molecule has 6 heteroatoms. The van der Waals surface area contributed by atoms with Crippen LogP contribution < -0.4 is 11.1 Å². The van der Waals surface area contributed by atoms with Gasteiger partial charge in [0.2, 0.25) is 0 Å². The van der Waals surface area contributed by atoms with E-state index in [-0.39, 0.29) is 0 Å². The minimum atomic E-state index is 0.707. The van der Waals surface area contributed by atoms with Crippen molar-refractivity contribution in [2.75, 3.05) is 18.1 Å². The average molecular weight is 245 g/mol. The zero-order valence-corrected chi connectivity index (χ0v) is 10.0. The standard InChI is InChI=1S/C11H11N5S/c1-13-9-5-2-6-10(15-9)16-11(14-6)7-3-4-8(12)17-7/h2-5H,12H2,1H3,(H2,13,14,15,16). The Hall–Kier alpha value is -2.08. The molecule has 0 aliphatic heterocycles. The third-order valence-corrected chi connectivity index (χ3v) is 3.38. The minimum Gasteiger partial charge on any atom is -0.391 e. The van der Waals surface area contributed by atoms with Gasteiger partial charge in [-0.05, 0) is 24.3 Å². The first kappa shape index (κ1) is 10.1. The molecule has 0 amide bonds. The smallest absolute Gasteiger partial charge is 0.180 e. The second-order valence-electron chi connectivity index (χ2n) is 3.61. The summed E-state index contributed by atoms with van der Waals surface area (Å²) in [5.41, 5.74) is 7.34. The van der Waals surface area contributed by atoms with Crippen molar-refractivity contribution < 1.29 is 0 Å². The van der Waals surface area contributed by atoms with Crippen molar-refractivity contribution in [3.63, 3.8) is 0 Å². The van der Waals surface area contributed by atoms with Crippen LogP contribution >= 0.6 is 11.3 Å². The molecule has 0 saturated carbocycles. The molecule has 0 aliphatic carbocycles. The van der Waals surface area contributed by atoms with Gasteiger partial charge in [-0.3, -0.25) is 0 Å². The van der Waals surface area contributed by atoms with Gasteiger partial charge in [0.05, 0.1) is 15.4 Å². The van der Waals surface area contributed by atoms with Gasteiger partial charge in [0.1, 0.15) is 5.82 Å². The molecule has 3 heterocycles. The topological polar surface area (TPSA) is 79.6 Å². The van der Waals surface area contributed by atoms with Gasteiger partial charge in [-0.15, -0.1) is 11.3 Å². The summed E-state index contributed by atoms with van der Waals surface area (Å²) in [6.07, 6.45) is 0. The molecule has 0 bridgehead atoms. The van der Waals surface area contributed by atoms with Crippen LogP contribution in [-0.4, -0.2) is 22.0 Å². The van der Waals surface area contributed by atoms with Crippen molar-refractivity contribution >= 4 is 33.3 Å². The van der Waals surface area contributed by atoms with Crippen LogP contribution in [0.4, 0.5) is 10.8 Å². The van der Waals surface area contributed by atoms with Crippen LogP contribution in [0.2, 0.25) is 0 Å². The number of H-pyrrole nitrogens is 1. The maximum absolute atomic E-state index is 5.71. The van der Waals surface area contributed by atoms with Crippen molar-refractivity contribution in [1.29, 1.82) is 0 Å². The number of nitrogens with zero attached hydrogens (tertiary/aromatic N) is 2. The summed E-state index contributed by atoms with van der Waals surface area (Å²) in [6.45, 7) is 0. The number of hydrogen-bond acceptors (Lipinski definition) is 5. The Bertz CT molecular complexity index is 669. The molecule has 0 unspecified atom stereocenters. The Kier molecular flexibility index (Phi) is 2.22. The van der Waals surface area contributed by atoms with Gasteiger partial charge in [-0.1, -0.05) is 0 Å². The largest absolute Gasteiger partial charge is 0.391 e. The lowest BCUT2D eigenvalue weighted by atomic mass is 10.4. The van der Waals surface area contributed by atoms with E-state index in [1.54, 1.807) is 0 Å². The highest BCUT2D eigenvalue weighted by Crippen LogP contribution is 2.28. The van der Waals surface area contributed by atoms with E-state index in [0.29, 0.717) is 5.65 Å². The third-order valence-electron chi connectivity index (χ3n) is 2.46. The van der Waals surface area contributed by atoms with E-state index in [9.17, 15) is 0 Å². The zero-order chi connectivity index (χ0) is 11.8. The van der Waals surface area contributed by atoms with E-state index in [4.69, 9.17) is 5.73 Å². The summed E-state index contributed by atoms with van der Waals surface area (Å²) < 4.78 is 0. The van der Waals surface area contributed by atoms with Crippen molar-refractivity contribution in [3.8, 4) is 10.7 Å². The quantitative estimate of drug-likeness (QED) is 0.647. The predicted octanol–water partition coefficient (Wildman–Crippen LogP) is 2.31. The van der Waals surface area contributed by atoms with Crippen molar-refractivity contribution in [2.24, 2.45) is 0 Å². The molecular formula is C11H11N5S. The number of pyridine rings is 1. The van der Waals surface area contributed by atoms with Crippen LogP contribution in [0, 0.1) is 0 Å². The Morgan fingerprint density at radius 1 is 1.24 bits per heavy atom. The lowest BCUT2D eigenvalue weighted by Crippen LogP contribution is -1.91. The molecule has 0 fully saturated rings. The maximum atomic E-state index is 5.71. The van der Waals surface area contributed by atoms with Gasteiger partial charge in [0, 0.05) is 7.05 Å². The third kappa shape index (κ3) is 1.72. The molecule has 86 valence electrons. The first-order valence-corrected chi connectivity index (χ1v) is 5.98. The van der Waals surface area contributed by atoms with E-state index >= 15 is 0 Å². The Morgan fingerprint density at radius 2 is 2.12 bits per heavy atom. The Labute approximate surface area is 102 Å². The number of rotatable bonds is 2. The SMILES string of the molecule is CNc1ccc2[nH]c(-c3ccc(N)s3)nc2n1. The zero-order valence-electron chi connectivity index (χ0n) is 9.19. The van der Waals surface area contributed by atoms with E-state index in [2.05, 4.69) is 20.3 Å².